The van der Waals surface area contributed by atoms with Gasteiger partial charge in [-0.3, -0.25) is 4.99 Å². The van der Waals surface area contributed by atoms with Crippen LogP contribution in [0.2, 0.25) is 0 Å². The van der Waals surface area contributed by atoms with E-state index < -0.39 is 11.6 Å². The van der Waals surface area contributed by atoms with Crippen molar-refractivity contribution >= 4 is 12.1 Å². The zero-order valence-corrected chi connectivity index (χ0v) is 9.17. The molecule has 0 fully saturated rings. The number of nitrogens with zero attached hydrogens (tertiary/aromatic N) is 2. The van der Waals surface area contributed by atoms with Gasteiger partial charge >= 0.3 is 0 Å². The summed E-state index contributed by atoms with van der Waals surface area (Å²) in [6, 6.07) is 2.21. The van der Waals surface area contributed by atoms with Crippen molar-refractivity contribution in [3.63, 3.8) is 0 Å². The lowest BCUT2D eigenvalue weighted by molar-refractivity contribution is 0.590. The van der Waals surface area contributed by atoms with Crippen molar-refractivity contribution < 1.29 is 8.78 Å². The van der Waals surface area contributed by atoms with E-state index in [4.69, 9.17) is 0 Å². The van der Waals surface area contributed by atoms with Crippen LogP contribution in [-0.2, 0) is 0 Å². The molecule has 16 heavy (non-hydrogen) atoms. The highest BCUT2D eigenvalue weighted by Crippen LogP contribution is 2.15. The van der Waals surface area contributed by atoms with Gasteiger partial charge in [0.15, 0.2) is 5.84 Å². The third kappa shape index (κ3) is 2.59. The summed E-state index contributed by atoms with van der Waals surface area (Å²) >= 11 is 0. The van der Waals surface area contributed by atoms with Gasteiger partial charge in [0, 0.05) is 13.3 Å². The maximum atomic E-state index is 13.5. The molecular weight excluding hydrogens is 210 g/mol. The van der Waals surface area contributed by atoms with E-state index in [1.807, 2.05) is 0 Å². The topological polar surface area (TPSA) is 24.7 Å². The molecule has 0 saturated carbocycles. The molecule has 4 heteroatoms. The summed E-state index contributed by atoms with van der Waals surface area (Å²) in [6.45, 7) is 4.94. The molecule has 0 radical (unpaired) electrons. The molecule has 0 N–H and O–H groups in total. The molecule has 0 amide bonds. The van der Waals surface area contributed by atoms with Gasteiger partial charge in [0.1, 0.15) is 11.6 Å². The van der Waals surface area contributed by atoms with Gasteiger partial charge in [0.2, 0.25) is 0 Å². The van der Waals surface area contributed by atoms with Gasteiger partial charge in [-0.05, 0) is 24.6 Å². The third-order valence-corrected chi connectivity index (χ3v) is 2.00. The fraction of sp³-hybridized carbons (Fsp3) is 0.167. The number of hydrogen-bond acceptors (Lipinski definition) is 1. The molecule has 0 saturated heterocycles. The minimum atomic E-state index is -0.541. The van der Waals surface area contributed by atoms with E-state index in [9.17, 15) is 8.78 Å². The Hall–Kier alpha value is -1.84. The first-order valence-corrected chi connectivity index (χ1v) is 4.68. The minimum absolute atomic E-state index is 0.0451. The molecule has 0 aliphatic carbocycles. The monoisotopic (exact) mass is 222 g/mol. The number of hydrogen-bond donors (Lipinski definition) is 0. The predicted molar refractivity (Wildman–Crippen MR) is 62.2 cm³/mol. The lowest BCUT2D eigenvalue weighted by Crippen LogP contribution is -2.03. The van der Waals surface area contributed by atoms with E-state index in [2.05, 4.69) is 16.6 Å². The minimum Gasteiger partial charge on any atom is -0.270 e. The van der Waals surface area contributed by atoms with Gasteiger partial charge in [0.25, 0.3) is 0 Å². The zero-order chi connectivity index (χ0) is 12.1. The average molecular weight is 222 g/mol. The average Bonchev–Trinajstić information content (AvgIpc) is 2.26. The van der Waals surface area contributed by atoms with Gasteiger partial charge in [-0.15, -0.1) is 0 Å². The van der Waals surface area contributed by atoms with E-state index in [1.165, 1.54) is 26.3 Å². The number of aryl methyl sites for hydroxylation is 1. The van der Waals surface area contributed by atoms with Gasteiger partial charge in [-0.1, -0.05) is 12.7 Å². The molecule has 0 spiro atoms. The predicted octanol–water partition coefficient (Wildman–Crippen LogP) is 2.91. The molecule has 1 rings (SSSR count). The highest BCUT2D eigenvalue weighted by molar-refractivity contribution is 6.04. The Morgan fingerprint density at radius 3 is 2.56 bits per heavy atom. The van der Waals surface area contributed by atoms with Crippen molar-refractivity contribution in [3.05, 3.63) is 47.5 Å². The van der Waals surface area contributed by atoms with Crippen LogP contribution in [0.25, 0.3) is 0 Å². The Bertz CT molecular complexity index is 462. The van der Waals surface area contributed by atoms with Crippen LogP contribution in [-0.4, -0.2) is 19.1 Å². The van der Waals surface area contributed by atoms with Crippen LogP contribution in [0, 0.1) is 18.6 Å². The van der Waals surface area contributed by atoms with Crippen LogP contribution in [0.4, 0.5) is 8.78 Å². The number of allylic oxidation sites excluding steroid dienone is 1. The molecule has 0 aliphatic heterocycles. The van der Waals surface area contributed by atoms with Crippen LogP contribution >= 0.6 is 0 Å². The molecule has 2 nitrogen and oxygen atoms in total. The summed E-state index contributed by atoms with van der Waals surface area (Å²) < 4.78 is 26.8. The summed E-state index contributed by atoms with van der Waals surface area (Å²) in [5.74, 6) is -0.886. The molecule has 1 aromatic carbocycles. The van der Waals surface area contributed by atoms with E-state index in [0.717, 1.165) is 12.1 Å². The Balaban J connectivity index is 3.26. The molecular formula is C12H12F2N2. The lowest BCUT2D eigenvalue weighted by Gasteiger charge is -2.04. The Morgan fingerprint density at radius 1 is 1.31 bits per heavy atom. The first kappa shape index (κ1) is 12.2. The van der Waals surface area contributed by atoms with Crippen molar-refractivity contribution in [2.24, 2.45) is 9.98 Å². The van der Waals surface area contributed by atoms with Gasteiger partial charge in [-0.25, -0.2) is 13.8 Å². The van der Waals surface area contributed by atoms with Crippen molar-refractivity contribution in [2.75, 3.05) is 7.05 Å². The molecule has 0 unspecified atom stereocenters. The second-order valence-corrected chi connectivity index (χ2v) is 3.14. The van der Waals surface area contributed by atoms with Crippen LogP contribution in [0.5, 0.6) is 0 Å². The summed E-state index contributed by atoms with van der Waals surface area (Å²) in [5.41, 5.74) is 0.299. The number of amidine groups is 1. The highest BCUT2D eigenvalue weighted by atomic mass is 19.1. The van der Waals surface area contributed by atoms with E-state index in [0.29, 0.717) is 0 Å². The van der Waals surface area contributed by atoms with Crippen molar-refractivity contribution in [1.82, 2.24) is 0 Å². The van der Waals surface area contributed by atoms with Crippen LogP contribution in [0.15, 0.2) is 34.8 Å². The van der Waals surface area contributed by atoms with Crippen molar-refractivity contribution in [1.29, 1.82) is 0 Å². The van der Waals surface area contributed by atoms with Crippen LogP contribution in [0.3, 0.4) is 0 Å². The van der Waals surface area contributed by atoms with Crippen LogP contribution in [0.1, 0.15) is 11.1 Å². The Labute approximate surface area is 93.1 Å². The molecule has 0 heterocycles. The largest absolute Gasteiger partial charge is 0.270 e. The summed E-state index contributed by atoms with van der Waals surface area (Å²) in [7, 11) is 1.47. The third-order valence-electron chi connectivity index (χ3n) is 2.00. The Morgan fingerprint density at radius 2 is 2.00 bits per heavy atom. The quantitative estimate of drug-likeness (QED) is 0.543. The molecule has 0 aliphatic rings. The van der Waals surface area contributed by atoms with Gasteiger partial charge in [0.05, 0.1) is 5.56 Å². The number of halogens is 2. The van der Waals surface area contributed by atoms with Crippen molar-refractivity contribution in [3.8, 4) is 0 Å². The summed E-state index contributed by atoms with van der Waals surface area (Å²) in [4.78, 5) is 7.65. The maximum absolute atomic E-state index is 13.5. The molecule has 0 bridgehead atoms. The second-order valence-electron chi connectivity index (χ2n) is 3.14. The van der Waals surface area contributed by atoms with E-state index >= 15 is 0 Å². The molecule has 0 atom stereocenters. The lowest BCUT2D eigenvalue weighted by atomic mass is 10.1. The Kier molecular flexibility index (Phi) is 4.05. The molecule has 0 aromatic heterocycles. The molecule has 84 valence electrons. The first-order valence-electron chi connectivity index (χ1n) is 4.68. The van der Waals surface area contributed by atoms with Gasteiger partial charge in [-0.2, -0.15) is 0 Å². The first-order chi connectivity index (χ1) is 7.60. The normalized spacial score (nSPS) is 12.1. The maximum Gasteiger partial charge on any atom is 0.157 e. The standard InChI is InChI=1S/C12H12F2N2/c1-4-5-16-12(15-3)9-7-10(13)8(2)6-11(9)14/h4-7H,1H2,2-3H3. The summed E-state index contributed by atoms with van der Waals surface area (Å²) in [6.07, 6.45) is 2.81. The fourth-order valence-electron chi connectivity index (χ4n) is 1.19. The number of benzene rings is 1. The van der Waals surface area contributed by atoms with E-state index in [1.54, 1.807) is 0 Å². The second kappa shape index (κ2) is 5.30. The molecule has 1 aromatic rings. The summed E-state index contributed by atoms with van der Waals surface area (Å²) in [5, 5.41) is 0. The number of rotatable bonds is 2. The fourth-order valence-corrected chi connectivity index (χ4v) is 1.19. The smallest absolute Gasteiger partial charge is 0.157 e. The van der Waals surface area contributed by atoms with Crippen molar-refractivity contribution in [2.45, 2.75) is 6.92 Å². The van der Waals surface area contributed by atoms with Gasteiger partial charge < -0.3 is 0 Å². The zero-order valence-electron chi connectivity index (χ0n) is 9.17. The van der Waals surface area contributed by atoms with E-state index in [-0.39, 0.29) is 17.0 Å². The number of aliphatic imine (C=N–C) groups is 2. The SMILES string of the molecule is C=CC=NC(=NC)c1cc(F)c(C)cc1F. The highest BCUT2D eigenvalue weighted by Gasteiger charge is 2.11. The van der Waals surface area contributed by atoms with Crippen LogP contribution < -0.4 is 0 Å².